The summed E-state index contributed by atoms with van der Waals surface area (Å²) in [6.45, 7) is 0. The van der Waals surface area contributed by atoms with Crippen LogP contribution in [0.5, 0.6) is 0 Å². The van der Waals surface area contributed by atoms with Crippen LogP contribution in [0.1, 0.15) is 24.0 Å². The number of allylic oxidation sites excluding steroid dienone is 2. The molecule has 1 aromatic carbocycles. The van der Waals surface area contributed by atoms with Crippen LogP contribution in [-0.4, -0.2) is 5.78 Å². The summed E-state index contributed by atoms with van der Waals surface area (Å²) >= 11 is 0. The lowest BCUT2D eigenvalue weighted by atomic mass is 9.88. The Bertz CT molecular complexity index is 560. The van der Waals surface area contributed by atoms with E-state index in [0.717, 1.165) is 12.8 Å². The van der Waals surface area contributed by atoms with Crippen LogP contribution in [0.4, 0.5) is 0 Å². The van der Waals surface area contributed by atoms with Gasteiger partial charge in [0.15, 0.2) is 5.78 Å². The molecule has 1 heterocycles. The van der Waals surface area contributed by atoms with Crippen LogP contribution in [0, 0.1) is 0 Å². The van der Waals surface area contributed by atoms with Crippen LogP contribution in [-0.2, 0) is 20.7 Å². The minimum absolute atomic E-state index is 0.0356. The normalized spacial score (nSPS) is 25.5. The van der Waals surface area contributed by atoms with Gasteiger partial charge in [-0.2, -0.15) is 0 Å². The third-order valence-electron chi connectivity index (χ3n) is 3.90. The zero-order valence-corrected chi connectivity index (χ0v) is 9.35. The molecular formula is C15H12O2. The van der Waals surface area contributed by atoms with Crippen LogP contribution in [0.2, 0.25) is 0 Å². The Kier molecular flexibility index (Phi) is 1.53. The van der Waals surface area contributed by atoms with E-state index in [1.54, 1.807) is 12.2 Å². The second kappa shape index (κ2) is 2.77. The van der Waals surface area contributed by atoms with Crippen LogP contribution in [0.3, 0.4) is 0 Å². The summed E-state index contributed by atoms with van der Waals surface area (Å²) in [4.78, 5) is 11.3. The van der Waals surface area contributed by atoms with E-state index < -0.39 is 5.60 Å². The zero-order chi connectivity index (χ0) is 11.5. The van der Waals surface area contributed by atoms with E-state index in [1.807, 2.05) is 18.2 Å². The van der Waals surface area contributed by atoms with Gasteiger partial charge in [0.1, 0.15) is 5.60 Å². The standard InChI is InChI=1S/C15H12O2/c16-11-5-7-14(8-6-11)12-3-1-2-4-13(12)15(17-14)9-10-15/h1-8H,9-10H2. The molecule has 2 spiro atoms. The minimum atomic E-state index is -0.499. The number of rotatable bonds is 0. The number of hydrogen-bond acceptors (Lipinski definition) is 2. The van der Waals surface area contributed by atoms with Gasteiger partial charge in [0.05, 0.1) is 5.60 Å². The van der Waals surface area contributed by atoms with E-state index in [-0.39, 0.29) is 11.4 Å². The Morgan fingerprint density at radius 1 is 1.00 bits per heavy atom. The van der Waals surface area contributed by atoms with Gasteiger partial charge >= 0.3 is 0 Å². The summed E-state index contributed by atoms with van der Waals surface area (Å²) in [7, 11) is 0. The number of ether oxygens (including phenoxy) is 1. The van der Waals surface area contributed by atoms with Gasteiger partial charge in [-0.1, -0.05) is 24.3 Å². The van der Waals surface area contributed by atoms with E-state index in [4.69, 9.17) is 4.74 Å². The summed E-state index contributed by atoms with van der Waals surface area (Å²) in [5.41, 5.74) is 1.91. The maximum atomic E-state index is 11.3. The quantitative estimate of drug-likeness (QED) is 0.677. The zero-order valence-electron chi connectivity index (χ0n) is 9.35. The van der Waals surface area contributed by atoms with Gasteiger partial charge in [-0.05, 0) is 48.3 Å². The summed E-state index contributed by atoms with van der Waals surface area (Å²) in [5.74, 6) is 0.0356. The molecule has 0 unspecified atom stereocenters. The molecule has 0 bridgehead atoms. The fraction of sp³-hybridized carbons (Fsp3) is 0.267. The van der Waals surface area contributed by atoms with Crippen LogP contribution in [0.25, 0.3) is 0 Å². The average Bonchev–Trinajstić information content (AvgIpc) is 3.07. The maximum absolute atomic E-state index is 11.3. The SMILES string of the molecule is O=C1C=CC2(C=C1)OC1(CC1)c1ccccc12. The Morgan fingerprint density at radius 2 is 1.65 bits per heavy atom. The van der Waals surface area contributed by atoms with Crippen molar-refractivity contribution in [1.82, 2.24) is 0 Å². The first kappa shape index (κ1) is 9.37. The molecule has 17 heavy (non-hydrogen) atoms. The van der Waals surface area contributed by atoms with Crippen molar-refractivity contribution in [2.24, 2.45) is 0 Å². The van der Waals surface area contributed by atoms with Gasteiger partial charge in [0.2, 0.25) is 0 Å². The van der Waals surface area contributed by atoms with Crippen molar-refractivity contribution < 1.29 is 9.53 Å². The Balaban J connectivity index is 1.94. The van der Waals surface area contributed by atoms with Crippen LogP contribution in [0.15, 0.2) is 48.6 Å². The summed E-state index contributed by atoms with van der Waals surface area (Å²) < 4.78 is 6.28. The topological polar surface area (TPSA) is 26.3 Å². The van der Waals surface area contributed by atoms with Gasteiger partial charge in [-0.15, -0.1) is 0 Å². The lowest BCUT2D eigenvalue weighted by molar-refractivity contribution is -0.111. The highest BCUT2D eigenvalue weighted by Gasteiger charge is 2.58. The van der Waals surface area contributed by atoms with Gasteiger partial charge in [-0.3, -0.25) is 4.79 Å². The predicted molar refractivity (Wildman–Crippen MR) is 63.4 cm³/mol. The smallest absolute Gasteiger partial charge is 0.178 e. The molecule has 0 atom stereocenters. The van der Waals surface area contributed by atoms with Crippen LogP contribution < -0.4 is 0 Å². The first-order valence-corrected chi connectivity index (χ1v) is 5.97. The van der Waals surface area contributed by atoms with Gasteiger partial charge < -0.3 is 4.74 Å². The number of benzene rings is 1. The Labute approximate surface area is 99.6 Å². The van der Waals surface area contributed by atoms with Crippen molar-refractivity contribution >= 4 is 5.78 Å². The minimum Gasteiger partial charge on any atom is -0.351 e. The van der Waals surface area contributed by atoms with E-state index in [9.17, 15) is 4.79 Å². The Morgan fingerprint density at radius 3 is 2.29 bits per heavy atom. The molecule has 1 fully saturated rings. The average molecular weight is 224 g/mol. The fourth-order valence-electron chi connectivity index (χ4n) is 2.91. The molecule has 0 aromatic heterocycles. The highest BCUT2D eigenvalue weighted by Crippen LogP contribution is 2.61. The van der Waals surface area contributed by atoms with Gasteiger partial charge in [-0.25, -0.2) is 0 Å². The van der Waals surface area contributed by atoms with Crippen molar-refractivity contribution in [3.63, 3.8) is 0 Å². The molecule has 84 valence electrons. The number of carbonyl (C=O) groups is 1. The molecule has 3 aliphatic rings. The monoisotopic (exact) mass is 224 g/mol. The third-order valence-corrected chi connectivity index (χ3v) is 3.90. The van der Waals surface area contributed by atoms with Crippen molar-refractivity contribution in [3.05, 3.63) is 59.7 Å². The second-order valence-corrected chi connectivity index (χ2v) is 5.00. The summed E-state index contributed by atoms with van der Waals surface area (Å²) in [6, 6.07) is 8.34. The molecular weight excluding hydrogens is 212 g/mol. The van der Waals surface area contributed by atoms with Crippen molar-refractivity contribution in [2.75, 3.05) is 0 Å². The number of carbonyl (C=O) groups excluding carboxylic acids is 1. The third kappa shape index (κ3) is 1.11. The largest absolute Gasteiger partial charge is 0.351 e. The molecule has 1 saturated carbocycles. The molecule has 2 heteroatoms. The maximum Gasteiger partial charge on any atom is 0.178 e. The highest BCUT2D eigenvalue weighted by atomic mass is 16.5. The van der Waals surface area contributed by atoms with Crippen molar-refractivity contribution in [3.8, 4) is 0 Å². The van der Waals surface area contributed by atoms with Gasteiger partial charge in [0.25, 0.3) is 0 Å². The molecule has 1 aromatic rings. The molecule has 1 aliphatic heterocycles. The lowest BCUT2D eigenvalue weighted by Gasteiger charge is -2.25. The van der Waals surface area contributed by atoms with E-state index in [2.05, 4.69) is 18.2 Å². The van der Waals surface area contributed by atoms with Crippen LogP contribution >= 0.6 is 0 Å². The molecule has 0 radical (unpaired) electrons. The van der Waals surface area contributed by atoms with E-state index in [1.165, 1.54) is 11.1 Å². The first-order chi connectivity index (χ1) is 8.24. The van der Waals surface area contributed by atoms with Crippen molar-refractivity contribution in [1.29, 1.82) is 0 Å². The molecule has 4 rings (SSSR count). The molecule has 0 amide bonds. The summed E-state index contributed by atoms with van der Waals surface area (Å²) in [5, 5.41) is 0. The molecule has 0 saturated heterocycles. The lowest BCUT2D eigenvalue weighted by Crippen LogP contribution is -2.24. The summed E-state index contributed by atoms with van der Waals surface area (Å²) in [6.07, 6.45) is 9.17. The molecule has 0 N–H and O–H groups in total. The first-order valence-electron chi connectivity index (χ1n) is 5.97. The number of fused-ring (bicyclic) bond motifs is 3. The molecule has 2 nitrogen and oxygen atoms in total. The van der Waals surface area contributed by atoms with Crippen molar-refractivity contribution in [2.45, 2.75) is 24.0 Å². The number of ketones is 1. The number of hydrogen-bond donors (Lipinski definition) is 0. The highest BCUT2D eigenvalue weighted by molar-refractivity contribution is 6.00. The van der Waals surface area contributed by atoms with E-state index in [0.29, 0.717) is 0 Å². The van der Waals surface area contributed by atoms with E-state index >= 15 is 0 Å². The Hall–Kier alpha value is -1.67. The van der Waals surface area contributed by atoms with Gasteiger partial charge in [0, 0.05) is 0 Å². The molecule has 2 aliphatic carbocycles. The fourth-order valence-corrected chi connectivity index (χ4v) is 2.91. The second-order valence-electron chi connectivity index (χ2n) is 5.00. The predicted octanol–water partition coefficient (Wildman–Crippen LogP) is 2.60.